The van der Waals surface area contributed by atoms with E-state index in [4.69, 9.17) is 11.6 Å². The summed E-state index contributed by atoms with van der Waals surface area (Å²) in [6.45, 7) is 1.29. The van der Waals surface area contributed by atoms with Gasteiger partial charge in [-0.25, -0.2) is 0 Å². The molecule has 0 amide bonds. The van der Waals surface area contributed by atoms with Gasteiger partial charge in [-0.05, 0) is 18.6 Å². The Morgan fingerprint density at radius 3 is 2.93 bits per heavy atom. The monoisotopic (exact) mass is 225 g/mol. The molecule has 4 heteroatoms. The number of carbonyl (C=O) groups excluding carboxylic acids is 1. The van der Waals surface area contributed by atoms with Crippen molar-refractivity contribution in [3.05, 3.63) is 28.8 Å². The average Bonchev–Trinajstić information content (AvgIpc) is 2.64. The zero-order chi connectivity index (χ0) is 10.8. The van der Waals surface area contributed by atoms with E-state index in [1.54, 1.807) is 18.2 Å². The number of rotatable bonds is 2. The van der Waals surface area contributed by atoms with Crippen molar-refractivity contribution in [1.82, 2.24) is 0 Å². The van der Waals surface area contributed by atoms with E-state index >= 15 is 0 Å². The van der Waals surface area contributed by atoms with E-state index in [0.717, 1.165) is 24.9 Å². The molecule has 0 saturated carbocycles. The minimum absolute atomic E-state index is 0.319. The number of hydrogen-bond donors (Lipinski definition) is 1. The number of aliphatic hydroxyl groups excluding tert-OH is 1. The van der Waals surface area contributed by atoms with Gasteiger partial charge in [-0.1, -0.05) is 17.7 Å². The molecule has 1 aromatic rings. The predicted molar refractivity (Wildman–Crippen MR) is 59.7 cm³/mol. The van der Waals surface area contributed by atoms with Crippen LogP contribution in [0.5, 0.6) is 0 Å². The molecule has 15 heavy (non-hydrogen) atoms. The van der Waals surface area contributed by atoms with Crippen LogP contribution in [0.4, 0.5) is 5.69 Å². The molecule has 1 fully saturated rings. The summed E-state index contributed by atoms with van der Waals surface area (Å²) in [4.78, 5) is 12.8. The molecule has 3 nitrogen and oxygen atoms in total. The molecular weight excluding hydrogens is 214 g/mol. The van der Waals surface area contributed by atoms with Crippen LogP contribution >= 0.6 is 11.6 Å². The van der Waals surface area contributed by atoms with Gasteiger partial charge < -0.3 is 10.0 Å². The lowest BCUT2D eigenvalue weighted by Crippen LogP contribution is -2.22. The van der Waals surface area contributed by atoms with Gasteiger partial charge in [-0.15, -0.1) is 0 Å². The summed E-state index contributed by atoms with van der Waals surface area (Å²) < 4.78 is 0. The van der Waals surface area contributed by atoms with Gasteiger partial charge >= 0.3 is 0 Å². The van der Waals surface area contributed by atoms with Crippen LogP contribution in [0.1, 0.15) is 16.8 Å². The van der Waals surface area contributed by atoms with Crippen LogP contribution in [0, 0.1) is 0 Å². The van der Waals surface area contributed by atoms with Crippen LogP contribution in [0.25, 0.3) is 0 Å². The molecule has 1 heterocycles. The summed E-state index contributed by atoms with van der Waals surface area (Å²) in [5, 5.41) is 10.0. The van der Waals surface area contributed by atoms with Crippen molar-refractivity contribution >= 4 is 23.6 Å². The van der Waals surface area contributed by atoms with E-state index in [1.807, 2.05) is 4.90 Å². The van der Waals surface area contributed by atoms with Crippen molar-refractivity contribution in [2.24, 2.45) is 0 Å². The third-order valence-electron chi connectivity index (χ3n) is 2.62. The first-order valence-corrected chi connectivity index (χ1v) is 5.27. The number of nitrogens with zero attached hydrogens (tertiary/aromatic N) is 1. The minimum Gasteiger partial charge on any atom is -0.391 e. The fourth-order valence-corrected chi connectivity index (χ4v) is 2.21. The quantitative estimate of drug-likeness (QED) is 0.780. The van der Waals surface area contributed by atoms with Crippen LogP contribution < -0.4 is 4.90 Å². The molecule has 0 aromatic heterocycles. The Hall–Kier alpha value is -1.06. The van der Waals surface area contributed by atoms with Gasteiger partial charge in [0.25, 0.3) is 0 Å². The third-order valence-corrected chi connectivity index (χ3v) is 2.93. The molecule has 0 radical (unpaired) electrons. The highest BCUT2D eigenvalue weighted by Gasteiger charge is 2.23. The van der Waals surface area contributed by atoms with Gasteiger partial charge in [-0.2, -0.15) is 0 Å². The van der Waals surface area contributed by atoms with Crippen LogP contribution in [-0.4, -0.2) is 30.6 Å². The van der Waals surface area contributed by atoms with Crippen molar-refractivity contribution in [2.75, 3.05) is 18.0 Å². The molecule has 1 aliphatic heterocycles. The van der Waals surface area contributed by atoms with E-state index in [0.29, 0.717) is 17.1 Å². The summed E-state index contributed by atoms with van der Waals surface area (Å²) in [6, 6.07) is 5.25. The Morgan fingerprint density at radius 2 is 2.33 bits per heavy atom. The van der Waals surface area contributed by atoms with Crippen molar-refractivity contribution < 1.29 is 9.90 Å². The van der Waals surface area contributed by atoms with E-state index < -0.39 is 0 Å². The number of carbonyl (C=O) groups is 1. The molecule has 0 aliphatic carbocycles. The Balaban J connectivity index is 2.37. The minimum atomic E-state index is -0.319. The van der Waals surface area contributed by atoms with Gasteiger partial charge in [0.1, 0.15) is 0 Å². The van der Waals surface area contributed by atoms with Gasteiger partial charge in [-0.3, -0.25) is 4.79 Å². The van der Waals surface area contributed by atoms with Gasteiger partial charge in [0.15, 0.2) is 6.29 Å². The number of aliphatic hydroxyl groups is 1. The number of β-amino-alcohol motifs (C(OH)–C–C–N with tert-alkyl or cyclic N) is 1. The standard InChI is InChI=1S/C11H12ClNO2/c12-10-3-1-2-8(7-14)11(10)13-5-4-9(15)6-13/h1-3,7,9,15H,4-6H2. The molecule has 0 spiro atoms. The van der Waals surface area contributed by atoms with Crippen molar-refractivity contribution in [3.8, 4) is 0 Å². The molecule has 1 aliphatic rings. The lowest BCUT2D eigenvalue weighted by Gasteiger charge is -2.20. The first-order valence-electron chi connectivity index (χ1n) is 4.89. The van der Waals surface area contributed by atoms with Gasteiger partial charge in [0.2, 0.25) is 0 Å². The predicted octanol–water partition coefficient (Wildman–Crippen LogP) is 1.72. The molecule has 0 bridgehead atoms. The Bertz CT molecular complexity index is 381. The molecule has 1 N–H and O–H groups in total. The molecular formula is C11H12ClNO2. The SMILES string of the molecule is O=Cc1cccc(Cl)c1N1CCC(O)C1. The summed E-state index contributed by atoms with van der Waals surface area (Å²) in [7, 11) is 0. The topological polar surface area (TPSA) is 40.5 Å². The zero-order valence-electron chi connectivity index (χ0n) is 8.19. The lowest BCUT2D eigenvalue weighted by atomic mass is 10.2. The highest BCUT2D eigenvalue weighted by Crippen LogP contribution is 2.31. The number of para-hydroxylation sites is 1. The van der Waals surface area contributed by atoms with Crippen molar-refractivity contribution in [2.45, 2.75) is 12.5 Å². The van der Waals surface area contributed by atoms with E-state index in [-0.39, 0.29) is 6.10 Å². The fraction of sp³-hybridized carbons (Fsp3) is 0.364. The second kappa shape index (κ2) is 4.21. The van der Waals surface area contributed by atoms with Crippen LogP contribution in [0.2, 0.25) is 5.02 Å². The van der Waals surface area contributed by atoms with Gasteiger partial charge in [0.05, 0.1) is 16.8 Å². The second-order valence-electron chi connectivity index (χ2n) is 3.68. The van der Waals surface area contributed by atoms with Gasteiger partial charge in [0, 0.05) is 18.7 Å². The molecule has 1 saturated heterocycles. The Kier molecular flexibility index (Phi) is 2.93. The molecule has 2 rings (SSSR count). The van der Waals surface area contributed by atoms with E-state index in [2.05, 4.69) is 0 Å². The van der Waals surface area contributed by atoms with E-state index in [9.17, 15) is 9.90 Å². The maximum atomic E-state index is 10.9. The number of benzene rings is 1. The van der Waals surface area contributed by atoms with Crippen LogP contribution in [0.15, 0.2) is 18.2 Å². The summed E-state index contributed by atoms with van der Waals surface area (Å²) in [5.41, 5.74) is 1.32. The zero-order valence-corrected chi connectivity index (χ0v) is 8.94. The Labute approximate surface area is 93.3 Å². The number of halogens is 1. The smallest absolute Gasteiger partial charge is 0.152 e. The summed E-state index contributed by atoms with van der Waals surface area (Å²) in [6.07, 6.45) is 1.20. The van der Waals surface area contributed by atoms with Crippen LogP contribution in [0.3, 0.4) is 0 Å². The highest BCUT2D eigenvalue weighted by atomic mass is 35.5. The lowest BCUT2D eigenvalue weighted by molar-refractivity contribution is 0.112. The largest absolute Gasteiger partial charge is 0.391 e. The first kappa shape index (κ1) is 10.5. The summed E-state index contributed by atoms with van der Waals surface area (Å²) >= 11 is 6.05. The molecule has 1 atom stereocenters. The molecule has 1 aromatic carbocycles. The summed E-state index contributed by atoms with van der Waals surface area (Å²) in [5.74, 6) is 0. The van der Waals surface area contributed by atoms with E-state index in [1.165, 1.54) is 0 Å². The van der Waals surface area contributed by atoms with Crippen molar-refractivity contribution in [3.63, 3.8) is 0 Å². The highest BCUT2D eigenvalue weighted by molar-refractivity contribution is 6.33. The number of aldehydes is 1. The average molecular weight is 226 g/mol. The second-order valence-corrected chi connectivity index (χ2v) is 4.09. The first-order chi connectivity index (χ1) is 7.22. The normalized spacial score (nSPS) is 20.7. The van der Waals surface area contributed by atoms with Crippen LogP contribution in [-0.2, 0) is 0 Å². The molecule has 1 unspecified atom stereocenters. The third kappa shape index (κ3) is 1.98. The number of hydrogen-bond acceptors (Lipinski definition) is 3. The molecule has 80 valence electrons. The maximum Gasteiger partial charge on any atom is 0.152 e. The van der Waals surface area contributed by atoms with Crippen molar-refractivity contribution in [1.29, 1.82) is 0 Å². The number of anilines is 1. The Morgan fingerprint density at radius 1 is 1.53 bits per heavy atom. The maximum absolute atomic E-state index is 10.9. The fourth-order valence-electron chi connectivity index (χ4n) is 1.91.